The van der Waals surface area contributed by atoms with Crippen LogP contribution in [0.2, 0.25) is 0 Å². The molecule has 0 aliphatic carbocycles. The number of benzene rings is 8. The molecule has 0 fully saturated rings. The average Bonchev–Trinajstić information content (AvgIpc) is 3.86. The summed E-state index contributed by atoms with van der Waals surface area (Å²) >= 11 is 0. The molecule has 4 heterocycles. The van der Waals surface area contributed by atoms with Crippen LogP contribution >= 0.6 is 0 Å². The van der Waals surface area contributed by atoms with E-state index in [1.807, 2.05) is 84.9 Å². The van der Waals surface area contributed by atoms with Gasteiger partial charge in [-0.2, -0.15) is 9.97 Å². The van der Waals surface area contributed by atoms with Gasteiger partial charge in [0.05, 0.1) is 33.5 Å². The monoisotopic (exact) mass is 793 g/mol. The second kappa shape index (κ2) is 14.6. The topological polar surface area (TPSA) is 74.3 Å². The van der Waals surface area contributed by atoms with Crippen LogP contribution in [0, 0.1) is 0 Å². The van der Waals surface area contributed by atoms with Gasteiger partial charge in [-0.25, -0.2) is 15.0 Å². The SMILES string of the molecule is c1ccc(-c2cc(-c3ccccc3)nc(-c3cccc(-c4nc(-c5ccccc5)nc(-n5c6ccccc6c6cc7c(cc65)c5ccccc5n7-c5ccccc5)n4)c3)n2)cc1. The van der Waals surface area contributed by atoms with Gasteiger partial charge in [-0.1, -0.05) is 164 Å². The first-order valence-corrected chi connectivity index (χ1v) is 20.7. The molecule has 12 aromatic rings. The molecule has 0 saturated carbocycles. The smallest absolute Gasteiger partial charge is 0.238 e. The summed E-state index contributed by atoms with van der Waals surface area (Å²) < 4.78 is 4.55. The van der Waals surface area contributed by atoms with Gasteiger partial charge in [0.15, 0.2) is 17.5 Å². The Morgan fingerprint density at radius 2 is 0.677 bits per heavy atom. The summed E-state index contributed by atoms with van der Waals surface area (Å²) in [6.07, 6.45) is 0. The van der Waals surface area contributed by atoms with Crippen molar-refractivity contribution in [1.29, 1.82) is 0 Å². The van der Waals surface area contributed by atoms with E-state index in [4.69, 9.17) is 24.9 Å². The fraction of sp³-hybridized carbons (Fsp3) is 0. The summed E-state index contributed by atoms with van der Waals surface area (Å²) in [4.78, 5) is 26.0. The Bertz CT molecular complexity index is 3560. The van der Waals surface area contributed by atoms with Crippen LogP contribution in [0.5, 0.6) is 0 Å². The van der Waals surface area contributed by atoms with E-state index in [1.54, 1.807) is 0 Å². The van der Waals surface area contributed by atoms with Crippen LogP contribution in [-0.2, 0) is 0 Å². The van der Waals surface area contributed by atoms with E-state index in [1.165, 1.54) is 5.39 Å². The van der Waals surface area contributed by atoms with Crippen molar-refractivity contribution in [2.75, 3.05) is 0 Å². The maximum atomic E-state index is 5.33. The molecule has 0 spiro atoms. The predicted octanol–water partition coefficient (Wildman–Crippen LogP) is 13.2. The van der Waals surface area contributed by atoms with E-state index in [2.05, 4.69) is 137 Å². The maximum Gasteiger partial charge on any atom is 0.238 e. The van der Waals surface area contributed by atoms with Crippen LogP contribution in [0.3, 0.4) is 0 Å². The highest BCUT2D eigenvalue weighted by molar-refractivity contribution is 6.19. The van der Waals surface area contributed by atoms with E-state index in [9.17, 15) is 0 Å². The van der Waals surface area contributed by atoms with Crippen LogP contribution < -0.4 is 0 Å². The summed E-state index contributed by atoms with van der Waals surface area (Å²) in [7, 11) is 0. The molecule has 62 heavy (non-hydrogen) atoms. The van der Waals surface area contributed by atoms with Crippen LogP contribution in [0.1, 0.15) is 0 Å². The van der Waals surface area contributed by atoms with E-state index >= 15 is 0 Å². The van der Waals surface area contributed by atoms with Crippen molar-refractivity contribution >= 4 is 43.6 Å². The molecule has 0 amide bonds. The maximum absolute atomic E-state index is 5.33. The van der Waals surface area contributed by atoms with Gasteiger partial charge in [-0.05, 0) is 48.5 Å². The Morgan fingerprint density at radius 3 is 1.24 bits per heavy atom. The number of fused-ring (bicyclic) bond motifs is 6. The fourth-order valence-electron chi connectivity index (χ4n) is 8.70. The number of hydrogen-bond acceptors (Lipinski definition) is 5. The summed E-state index contributed by atoms with van der Waals surface area (Å²) in [6.45, 7) is 0. The minimum Gasteiger partial charge on any atom is -0.309 e. The van der Waals surface area contributed by atoms with Gasteiger partial charge in [-0.3, -0.25) is 4.57 Å². The van der Waals surface area contributed by atoms with Gasteiger partial charge in [0.25, 0.3) is 0 Å². The number of hydrogen-bond donors (Lipinski definition) is 0. The molecule has 12 rings (SSSR count). The molecule has 0 N–H and O–H groups in total. The van der Waals surface area contributed by atoms with Gasteiger partial charge in [0.2, 0.25) is 5.95 Å². The standard InChI is InChI=1S/C55H35N7/c1-5-18-36(19-6-1)46-35-47(37-20-7-2-8-21-37)57-53(56-46)39-24-17-25-40(32-39)54-58-52(38-22-9-3-10-23-38)59-55(60-54)62-49-31-16-14-29-43(49)45-33-50-44(34-51(45)62)42-28-13-15-30-48(42)61(50)41-26-11-4-12-27-41/h1-35H. The lowest BCUT2D eigenvalue weighted by atomic mass is 10.1. The first kappa shape index (κ1) is 35.4. The Balaban J connectivity index is 1.08. The third-order valence-electron chi connectivity index (χ3n) is 11.6. The minimum atomic E-state index is 0.533. The zero-order chi connectivity index (χ0) is 41.0. The molecule has 0 atom stereocenters. The van der Waals surface area contributed by atoms with Gasteiger partial charge in [-0.15, -0.1) is 0 Å². The van der Waals surface area contributed by atoms with Crippen molar-refractivity contribution in [2.45, 2.75) is 0 Å². The zero-order valence-corrected chi connectivity index (χ0v) is 33.3. The Morgan fingerprint density at radius 1 is 0.258 bits per heavy atom. The van der Waals surface area contributed by atoms with Gasteiger partial charge in [0.1, 0.15) is 0 Å². The van der Waals surface area contributed by atoms with Crippen molar-refractivity contribution < 1.29 is 0 Å². The lowest BCUT2D eigenvalue weighted by Gasteiger charge is -2.12. The quantitative estimate of drug-likeness (QED) is 0.161. The number of nitrogens with zero attached hydrogens (tertiary/aromatic N) is 7. The van der Waals surface area contributed by atoms with E-state index in [0.717, 1.165) is 83.1 Å². The highest BCUT2D eigenvalue weighted by Crippen LogP contribution is 2.40. The highest BCUT2D eigenvalue weighted by Gasteiger charge is 2.21. The van der Waals surface area contributed by atoms with Crippen molar-refractivity contribution in [3.8, 4) is 68.3 Å². The highest BCUT2D eigenvalue weighted by atomic mass is 15.2. The lowest BCUT2D eigenvalue weighted by Crippen LogP contribution is -2.06. The Labute approximate surface area is 356 Å². The van der Waals surface area contributed by atoms with Crippen LogP contribution in [0.25, 0.3) is 112 Å². The second-order valence-electron chi connectivity index (χ2n) is 15.4. The first-order valence-electron chi connectivity index (χ1n) is 20.7. The summed E-state index contributed by atoms with van der Waals surface area (Å²) in [5.41, 5.74) is 11.7. The van der Waals surface area contributed by atoms with E-state index in [-0.39, 0.29) is 0 Å². The molecule has 0 aliphatic rings. The molecule has 290 valence electrons. The fourth-order valence-corrected chi connectivity index (χ4v) is 8.70. The molecule has 0 saturated heterocycles. The molecular weight excluding hydrogens is 759 g/mol. The first-order chi connectivity index (χ1) is 30.7. The van der Waals surface area contributed by atoms with Gasteiger partial charge < -0.3 is 4.57 Å². The zero-order valence-electron chi connectivity index (χ0n) is 33.3. The molecule has 4 aromatic heterocycles. The average molecular weight is 794 g/mol. The minimum absolute atomic E-state index is 0.533. The van der Waals surface area contributed by atoms with Crippen molar-refractivity contribution in [3.05, 3.63) is 212 Å². The van der Waals surface area contributed by atoms with Gasteiger partial charge in [0, 0.05) is 55.0 Å². The third kappa shape index (κ3) is 6.02. The van der Waals surface area contributed by atoms with Crippen molar-refractivity contribution in [3.63, 3.8) is 0 Å². The summed E-state index contributed by atoms with van der Waals surface area (Å²) in [5, 5.41) is 4.56. The van der Waals surface area contributed by atoms with Crippen LogP contribution in [-0.4, -0.2) is 34.1 Å². The Kier molecular flexibility index (Phi) is 8.35. The molecule has 0 aliphatic heterocycles. The normalized spacial score (nSPS) is 11.5. The molecule has 0 bridgehead atoms. The van der Waals surface area contributed by atoms with Crippen molar-refractivity contribution in [1.82, 2.24) is 34.1 Å². The number of aromatic nitrogens is 7. The molecule has 0 unspecified atom stereocenters. The second-order valence-corrected chi connectivity index (χ2v) is 15.4. The van der Waals surface area contributed by atoms with E-state index < -0.39 is 0 Å². The molecule has 8 aromatic carbocycles. The Hall–Kier alpha value is -8.55. The summed E-state index contributed by atoms with van der Waals surface area (Å²) in [5.74, 6) is 2.28. The van der Waals surface area contributed by atoms with Crippen LogP contribution in [0.15, 0.2) is 212 Å². The predicted molar refractivity (Wildman–Crippen MR) is 251 cm³/mol. The third-order valence-corrected chi connectivity index (χ3v) is 11.6. The molecule has 7 heteroatoms. The molecule has 0 radical (unpaired) electrons. The van der Waals surface area contributed by atoms with Gasteiger partial charge >= 0.3 is 0 Å². The molecule has 7 nitrogen and oxygen atoms in total. The number of para-hydroxylation sites is 3. The van der Waals surface area contributed by atoms with E-state index in [0.29, 0.717) is 23.4 Å². The summed E-state index contributed by atoms with van der Waals surface area (Å²) in [6, 6.07) is 73.2. The number of rotatable bonds is 7. The lowest BCUT2D eigenvalue weighted by molar-refractivity contribution is 0.954. The largest absolute Gasteiger partial charge is 0.309 e. The van der Waals surface area contributed by atoms with Crippen LogP contribution in [0.4, 0.5) is 0 Å². The van der Waals surface area contributed by atoms with Crippen molar-refractivity contribution in [2.24, 2.45) is 0 Å². The molecular formula is C55H35N7.